The minimum Gasteiger partial charge on any atom is -0.354 e. The Morgan fingerprint density at radius 2 is 1.71 bits per heavy atom. The average Bonchev–Trinajstić information content (AvgIpc) is 3.26. The number of hydrogen-bond acceptors (Lipinski definition) is 5. The molecule has 9 heteroatoms. The van der Waals surface area contributed by atoms with Crippen LogP contribution in [0.2, 0.25) is 0 Å². The molecule has 0 aliphatic carbocycles. The van der Waals surface area contributed by atoms with Gasteiger partial charge in [0.25, 0.3) is 5.91 Å². The standard InChI is InChI=1S/C26H28N4O4S/c1-16-15-29(26(32)23-12-20-14-27-11-10-22(20)28-23)25-13-19(6-9-24(25)30(16)17(2)31)18-4-7-21(8-5-18)35(3,33)34/h4-9,12-13,16,27-28H,10-11,14-15H2,1-3H3/t16-/m0/s1. The van der Waals surface area contributed by atoms with Crippen LogP contribution in [0.15, 0.2) is 53.4 Å². The van der Waals surface area contributed by atoms with Gasteiger partial charge in [-0.2, -0.15) is 0 Å². The highest BCUT2D eigenvalue weighted by atomic mass is 32.2. The molecule has 0 unspecified atom stereocenters. The number of aromatic nitrogens is 1. The predicted molar refractivity (Wildman–Crippen MR) is 135 cm³/mol. The molecular formula is C26H28N4O4S. The van der Waals surface area contributed by atoms with E-state index in [1.807, 2.05) is 31.2 Å². The number of rotatable bonds is 3. The van der Waals surface area contributed by atoms with Gasteiger partial charge in [-0.25, -0.2) is 8.42 Å². The number of carbonyl (C=O) groups excluding carboxylic acids is 2. The predicted octanol–water partition coefficient (Wildman–Crippen LogP) is 3.13. The Morgan fingerprint density at radius 3 is 2.37 bits per heavy atom. The Morgan fingerprint density at radius 1 is 1.00 bits per heavy atom. The van der Waals surface area contributed by atoms with Crippen molar-refractivity contribution in [2.45, 2.75) is 37.8 Å². The fourth-order valence-electron chi connectivity index (χ4n) is 4.99. The molecule has 0 saturated heterocycles. The Bertz CT molecular complexity index is 1400. The van der Waals surface area contributed by atoms with Crippen LogP contribution in [0.5, 0.6) is 0 Å². The number of nitrogens with zero attached hydrogens (tertiary/aromatic N) is 2. The summed E-state index contributed by atoms with van der Waals surface area (Å²) >= 11 is 0. The molecule has 2 aliphatic rings. The summed E-state index contributed by atoms with van der Waals surface area (Å²) in [7, 11) is -3.30. The van der Waals surface area contributed by atoms with Crippen LogP contribution < -0.4 is 15.1 Å². The summed E-state index contributed by atoms with van der Waals surface area (Å²) in [6, 6.07) is 14.0. The van der Waals surface area contributed by atoms with Crippen molar-refractivity contribution in [3.63, 3.8) is 0 Å². The van der Waals surface area contributed by atoms with Gasteiger partial charge in [-0.3, -0.25) is 9.59 Å². The number of sulfone groups is 1. The third-order valence-corrected chi connectivity index (χ3v) is 7.83. The third-order valence-electron chi connectivity index (χ3n) is 6.70. The number of anilines is 2. The first kappa shape index (κ1) is 23.3. The van der Waals surface area contributed by atoms with Gasteiger partial charge in [0.05, 0.1) is 22.3 Å². The summed E-state index contributed by atoms with van der Waals surface area (Å²) in [4.78, 5) is 33.2. The molecule has 0 radical (unpaired) electrons. The van der Waals surface area contributed by atoms with E-state index in [0.29, 0.717) is 23.6 Å². The molecule has 0 fully saturated rings. The van der Waals surface area contributed by atoms with E-state index >= 15 is 0 Å². The van der Waals surface area contributed by atoms with Crippen molar-refractivity contribution in [2.24, 2.45) is 0 Å². The summed E-state index contributed by atoms with van der Waals surface area (Å²) in [5.74, 6) is -0.224. The Labute approximate surface area is 204 Å². The molecule has 2 amide bonds. The molecule has 8 nitrogen and oxygen atoms in total. The molecule has 1 aromatic heterocycles. The van der Waals surface area contributed by atoms with Gasteiger partial charge in [-0.1, -0.05) is 18.2 Å². The molecule has 3 heterocycles. The highest BCUT2D eigenvalue weighted by molar-refractivity contribution is 7.90. The zero-order valence-corrected chi connectivity index (χ0v) is 20.8. The lowest BCUT2D eigenvalue weighted by atomic mass is 10.0. The summed E-state index contributed by atoms with van der Waals surface area (Å²) < 4.78 is 23.7. The fourth-order valence-corrected chi connectivity index (χ4v) is 5.62. The van der Waals surface area contributed by atoms with E-state index in [1.54, 1.807) is 34.1 Å². The van der Waals surface area contributed by atoms with Crippen LogP contribution in [-0.4, -0.2) is 50.6 Å². The summed E-state index contributed by atoms with van der Waals surface area (Å²) in [5, 5.41) is 3.33. The fraction of sp³-hybridized carbons (Fsp3) is 0.308. The molecule has 2 aromatic carbocycles. The quantitative estimate of drug-likeness (QED) is 0.585. The van der Waals surface area contributed by atoms with Crippen LogP contribution >= 0.6 is 0 Å². The van der Waals surface area contributed by atoms with Crippen molar-refractivity contribution < 1.29 is 18.0 Å². The van der Waals surface area contributed by atoms with Gasteiger partial charge in [-0.15, -0.1) is 0 Å². The van der Waals surface area contributed by atoms with Gasteiger partial charge in [0.15, 0.2) is 9.84 Å². The van der Waals surface area contributed by atoms with Crippen LogP contribution in [0.4, 0.5) is 11.4 Å². The van der Waals surface area contributed by atoms with Crippen molar-refractivity contribution in [3.05, 3.63) is 65.5 Å². The van der Waals surface area contributed by atoms with Crippen molar-refractivity contribution in [1.29, 1.82) is 0 Å². The smallest absolute Gasteiger partial charge is 0.274 e. The lowest BCUT2D eigenvalue weighted by Gasteiger charge is -2.40. The van der Waals surface area contributed by atoms with Crippen molar-refractivity contribution >= 4 is 33.0 Å². The Kier molecular flexibility index (Phi) is 5.77. The molecule has 1 atom stereocenters. The van der Waals surface area contributed by atoms with Gasteiger partial charge in [0.1, 0.15) is 5.69 Å². The maximum absolute atomic E-state index is 13.7. The van der Waals surface area contributed by atoms with Gasteiger partial charge in [0, 0.05) is 44.9 Å². The second-order valence-corrected chi connectivity index (χ2v) is 11.3. The molecule has 5 rings (SSSR count). The second-order valence-electron chi connectivity index (χ2n) is 9.27. The first-order valence-electron chi connectivity index (χ1n) is 11.6. The van der Waals surface area contributed by atoms with Crippen LogP contribution in [0.25, 0.3) is 11.1 Å². The number of carbonyl (C=O) groups is 2. The van der Waals surface area contributed by atoms with E-state index in [-0.39, 0.29) is 22.8 Å². The van der Waals surface area contributed by atoms with Crippen LogP contribution in [0.1, 0.15) is 35.6 Å². The highest BCUT2D eigenvalue weighted by Gasteiger charge is 2.35. The van der Waals surface area contributed by atoms with Crippen LogP contribution in [0, 0.1) is 0 Å². The van der Waals surface area contributed by atoms with E-state index in [0.717, 1.165) is 41.9 Å². The van der Waals surface area contributed by atoms with Crippen molar-refractivity contribution in [2.75, 3.05) is 29.1 Å². The monoisotopic (exact) mass is 492 g/mol. The van der Waals surface area contributed by atoms with Crippen molar-refractivity contribution in [3.8, 4) is 11.1 Å². The number of fused-ring (bicyclic) bond motifs is 2. The lowest BCUT2D eigenvalue weighted by molar-refractivity contribution is -0.117. The van der Waals surface area contributed by atoms with Crippen LogP contribution in [-0.2, 0) is 27.6 Å². The molecular weight excluding hydrogens is 464 g/mol. The second kappa shape index (κ2) is 8.66. The maximum atomic E-state index is 13.7. The molecule has 2 aliphatic heterocycles. The van der Waals surface area contributed by atoms with E-state index in [2.05, 4.69) is 10.3 Å². The van der Waals surface area contributed by atoms with E-state index in [1.165, 1.54) is 13.2 Å². The van der Waals surface area contributed by atoms with Gasteiger partial charge < -0.3 is 20.1 Å². The molecule has 0 saturated carbocycles. The molecule has 35 heavy (non-hydrogen) atoms. The van der Waals surface area contributed by atoms with E-state index < -0.39 is 9.84 Å². The van der Waals surface area contributed by atoms with Gasteiger partial charge in [0.2, 0.25) is 5.91 Å². The number of hydrogen-bond donors (Lipinski definition) is 2. The number of H-pyrrole nitrogens is 1. The normalized spacial score (nSPS) is 17.6. The minimum absolute atomic E-state index is 0.0856. The number of amides is 2. The molecule has 182 valence electrons. The number of benzene rings is 2. The number of nitrogens with one attached hydrogen (secondary N) is 2. The first-order valence-corrected chi connectivity index (χ1v) is 13.5. The zero-order chi connectivity index (χ0) is 24.9. The topological polar surface area (TPSA) is 103 Å². The van der Waals surface area contributed by atoms with E-state index in [4.69, 9.17) is 0 Å². The molecule has 0 spiro atoms. The largest absolute Gasteiger partial charge is 0.354 e. The summed E-state index contributed by atoms with van der Waals surface area (Å²) in [6.07, 6.45) is 2.03. The average molecular weight is 493 g/mol. The van der Waals surface area contributed by atoms with E-state index in [9.17, 15) is 18.0 Å². The summed E-state index contributed by atoms with van der Waals surface area (Å²) in [6.45, 7) is 5.44. The van der Waals surface area contributed by atoms with Crippen LogP contribution in [0.3, 0.4) is 0 Å². The SMILES string of the molecule is CC(=O)N1c2ccc(-c3ccc(S(C)(=O)=O)cc3)cc2N(C(=O)c2cc3c([nH]2)CCNC3)C[C@@H]1C. The Hall–Kier alpha value is -3.43. The van der Waals surface area contributed by atoms with Gasteiger partial charge >= 0.3 is 0 Å². The highest BCUT2D eigenvalue weighted by Crippen LogP contribution is 2.39. The molecule has 3 aromatic rings. The summed E-state index contributed by atoms with van der Waals surface area (Å²) in [5.41, 5.74) is 5.71. The Balaban J connectivity index is 1.57. The maximum Gasteiger partial charge on any atom is 0.274 e. The third kappa shape index (κ3) is 4.26. The van der Waals surface area contributed by atoms with Crippen molar-refractivity contribution in [1.82, 2.24) is 10.3 Å². The minimum atomic E-state index is -3.30. The van der Waals surface area contributed by atoms with Gasteiger partial charge in [-0.05, 0) is 53.9 Å². The molecule has 0 bridgehead atoms. The zero-order valence-electron chi connectivity index (χ0n) is 20.0. The molecule has 2 N–H and O–H groups in total. The lowest BCUT2D eigenvalue weighted by Crippen LogP contribution is -2.51. The number of aromatic amines is 1. The first-order chi connectivity index (χ1) is 16.6.